The van der Waals surface area contributed by atoms with E-state index in [9.17, 15) is 9.59 Å². The van der Waals surface area contributed by atoms with Gasteiger partial charge in [0.2, 0.25) is 12.4 Å². The van der Waals surface area contributed by atoms with Crippen LogP contribution >= 0.6 is 0 Å². The van der Waals surface area contributed by atoms with Crippen molar-refractivity contribution in [2.45, 2.75) is 25.5 Å². The van der Waals surface area contributed by atoms with Gasteiger partial charge in [0, 0.05) is 37.4 Å². The van der Waals surface area contributed by atoms with Crippen molar-refractivity contribution in [3.8, 4) is 11.3 Å². The van der Waals surface area contributed by atoms with Gasteiger partial charge in [0.1, 0.15) is 6.61 Å². The van der Waals surface area contributed by atoms with Crippen LogP contribution in [0.2, 0.25) is 0 Å². The van der Waals surface area contributed by atoms with Crippen LogP contribution in [0.4, 0.5) is 16.4 Å². The minimum atomic E-state index is -0.292. The molecule has 6 rings (SSSR count). The molecule has 1 N–H and O–H groups in total. The zero-order valence-corrected chi connectivity index (χ0v) is 22.1. The van der Waals surface area contributed by atoms with E-state index in [1.54, 1.807) is 4.90 Å². The van der Waals surface area contributed by atoms with Gasteiger partial charge < -0.3 is 24.6 Å². The van der Waals surface area contributed by atoms with Crippen LogP contribution < -0.4 is 10.2 Å². The highest BCUT2D eigenvalue weighted by Gasteiger charge is 2.28. The summed E-state index contributed by atoms with van der Waals surface area (Å²) in [5, 5.41) is 8.29. The van der Waals surface area contributed by atoms with Gasteiger partial charge in [-0.15, -0.1) is 0 Å². The van der Waals surface area contributed by atoms with Crippen LogP contribution in [0.1, 0.15) is 24.4 Å². The van der Waals surface area contributed by atoms with Crippen molar-refractivity contribution in [3.05, 3.63) is 66.4 Å². The molecule has 206 valence electrons. The second-order valence-electron chi connectivity index (χ2n) is 9.90. The summed E-state index contributed by atoms with van der Waals surface area (Å²) >= 11 is 0. The van der Waals surface area contributed by atoms with E-state index < -0.39 is 0 Å². The Balaban J connectivity index is 1.23. The normalized spacial score (nSPS) is 16.2. The molecule has 0 saturated carbocycles. The average Bonchev–Trinajstić information content (AvgIpc) is 3.45. The van der Waals surface area contributed by atoms with E-state index >= 15 is 0 Å². The van der Waals surface area contributed by atoms with Crippen LogP contribution in [-0.4, -0.2) is 76.5 Å². The molecule has 0 unspecified atom stereocenters. The molecule has 2 aromatic carbocycles. The Labute approximate surface area is 231 Å². The Hall–Kier alpha value is -4.51. The van der Waals surface area contributed by atoms with E-state index in [0.717, 1.165) is 40.7 Å². The van der Waals surface area contributed by atoms with Crippen molar-refractivity contribution >= 4 is 35.2 Å². The number of benzene rings is 2. The highest BCUT2D eigenvalue weighted by atomic mass is 16.6. The summed E-state index contributed by atoms with van der Waals surface area (Å²) in [4.78, 5) is 37.4. The predicted molar refractivity (Wildman–Crippen MR) is 150 cm³/mol. The largest absolute Gasteiger partial charge is 0.445 e. The molecule has 2 saturated heterocycles. The second kappa shape index (κ2) is 11.7. The molecule has 11 heteroatoms. The van der Waals surface area contributed by atoms with Gasteiger partial charge in [-0.1, -0.05) is 42.5 Å². The number of aromatic nitrogens is 4. The highest BCUT2D eigenvalue weighted by molar-refractivity contribution is 5.91. The van der Waals surface area contributed by atoms with Crippen LogP contribution in [0.5, 0.6) is 0 Å². The van der Waals surface area contributed by atoms with E-state index in [4.69, 9.17) is 24.5 Å². The number of carbonyl (C=O) groups is 2. The number of carbonyl (C=O) groups excluding carboxylic acids is 2. The molecule has 2 amide bonds. The zero-order chi connectivity index (χ0) is 27.3. The van der Waals surface area contributed by atoms with Gasteiger partial charge in [0.25, 0.3) is 0 Å². The first kappa shape index (κ1) is 25.8. The minimum absolute atomic E-state index is 0.0927. The third-order valence-electron chi connectivity index (χ3n) is 7.39. The van der Waals surface area contributed by atoms with Crippen LogP contribution in [0.3, 0.4) is 0 Å². The van der Waals surface area contributed by atoms with Crippen molar-refractivity contribution < 1.29 is 19.1 Å². The number of likely N-dealkylation sites (tertiary alicyclic amines) is 1. The van der Waals surface area contributed by atoms with Gasteiger partial charge in [-0.05, 0) is 30.5 Å². The predicted octanol–water partition coefficient (Wildman–Crippen LogP) is 3.87. The Morgan fingerprint density at radius 1 is 1.00 bits per heavy atom. The van der Waals surface area contributed by atoms with Crippen molar-refractivity contribution in [1.29, 1.82) is 0 Å². The van der Waals surface area contributed by atoms with E-state index in [1.165, 1.54) is 0 Å². The number of piperidine rings is 1. The monoisotopic (exact) mass is 541 g/mol. The number of rotatable bonds is 7. The lowest BCUT2D eigenvalue weighted by atomic mass is 10.1. The molecule has 0 bridgehead atoms. The third-order valence-corrected chi connectivity index (χ3v) is 7.39. The fourth-order valence-corrected chi connectivity index (χ4v) is 5.20. The van der Waals surface area contributed by atoms with E-state index in [2.05, 4.69) is 10.2 Å². The van der Waals surface area contributed by atoms with E-state index in [0.29, 0.717) is 57.4 Å². The van der Waals surface area contributed by atoms with Crippen molar-refractivity contribution in [2.24, 2.45) is 0 Å². The first-order valence-corrected chi connectivity index (χ1v) is 13.5. The third kappa shape index (κ3) is 5.46. The van der Waals surface area contributed by atoms with Crippen molar-refractivity contribution in [1.82, 2.24) is 24.6 Å². The van der Waals surface area contributed by atoms with Crippen molar-refractivity contribution in [3.63, 3.8) is 0 Å². The standard InChI is InChI=1S/C29H31N7O4/c37-20-30-23-8-6-22(7-9-23)26-25-18-31-36(27(25)33-28(32-26)34-14-16-39-17-15-34)24-10-12-35(13-11-24)29(38)40-19-21-4-2-1-3-5-21/h1-9,18,20,24H,10-17,19H2,(H,30,37). The second-order valence-corrected chi connectivity index (χ2v) is 9.90. The molecule has 2 aromatic heterocycles. The maximum absolute atomic E-state index is 12.7. The molecule has 4 aromatic rings. The molecule has 0 aliphatic carbocycles. The number of morpholine rings is 1. The minimum Gasteiger partial charge on any atom is -0.445 e. The van der Waals surface area contributed by atoms with Gasteiger partial charge >= 0.3 is 6.09 Å². The summed E-state index contributed by atoms with van der Waals surface area (Å²) in [5.41, 5.74) is 4.15. The number of fused-ring (bicyclic) bond motifs is 1. The fourth-order valence-electron chi connectivity index (χ4n) is 5.20. The van der Waals surface area contributed by atoms with Crippen molar-refractivity contribution in [2.75, 3.05) is 49.6 Å². The number of amides is 2. The van der Waals surface area contributed by atoms with Crippen LogP contribution in [-0.2, 0) is 20.9 Å². The number of anilines is 2. The molecule has 0 spiro atoms. The first-order chi connectivity index (χ1) is 19.7. The zero-order valence-electron chi connectivity index (χ0n) is 22.1. The Kier molecular flexibility index (Phi) is 7.53. The molecule has 0 atom stereocenters. The number of nitrogens with one attached hydrogen (secondary N) is 1. The van der Waals surface area contributed by atoms with E-state index in [-0.39, 0.29) is 18.7 Å². The molecular formula is C29H31N7O4. The number of hydrogen-bond donors (Lipinski definition) is 1. The molecule has 2 fully saturated rings. The Bertz CT molecular complexity index is 1460. The van der Waals surface area contributed by atoms with Gasteiger partial charge in [-0.25, -0.2) is 14.5 Å². The lowest BCUT2D eigenvalue weighted by Crippen LogP contribution is -2.39. The molecule has 40 heavy (non-hydrogen) atoms. The van der Waals surface area contributed by atoms with Gasteiger partial charge in [-0.3, -0.25) is 4.79 Å². The summed E-state index contributed by atoms with van der Waals surface area (Å²) in [7, 11) is 0. The lowest BCUT2D eigenvalue weighted by molar-refractivity contribution is -0.105. The summed E-state index contributed by atoms with van der Waals surface area (Å²) in [6, 6.07) is 17.4. The summed E-state index contributed by atoms with van der Waals surface area (Å²) in [5.74, 6) is 0.643. The highest BCUT2D eigenvalue weighted by Crippen LogP contribution is 2.33. The SMILES string of the molecule is O=CNc1ccc(-c2nc(N3CCOCC3)nc3c2cnn3C2CCN(C(=O)OCc3ccccc3)CC2)cc1. The molecular weight excluding hydrogens is 510 g/mol. The molecule has 2 aliphatic rings. The quantitative estimate of drug-likeness (QED) is 0.351. The summed E-state index contributed by atoms with van der Waals surface area (Å²) in [6.07, 6.45) is 3.68. The average molecular weight is 542 g/mol. The summed E-state index contributed by atoms with van der Waals surface area (Å²) < 4.78 is 13.1. The summed E-state index contributed by atoms with van der Waals surface area (Å²) in [6.45, 7) is 4.11. The van der Waals surface area contributed by atoms with Gasteiger partial charge in [0.05, 0.1) is 36.5 Å². The smallest absolute Gasteiger partial charge is 0.410 e. The van der Waals surface area contributed by atoms with Gasteiger partial charge in [-0.2, -0.15) is 10.1 Å². The first-order valence-electron chi connectivity index (χ1n) is 13.5. The molecule has 11 nitrogen and oxygen atoms in total. The van der Waals surface area contributed by atoms with Crippen LogP contribution in [0.15, 0.2) is 60.8 Å². The maximum Gasteiger partial charge on any atom is 0.410 e. The number of ether oxygens (including phenoxy) is 2. The Morgan fingerprint density at radius 2 is 1.75 bits per heavy atom. The Morgan fingerprint density at radius 3 is 2.48 bits per heavy atom. The van der Waals surface area contributed by atoms with Gasteiger partial charge in [0.15, 0.2) is 5.65 Å². The molecule has 0 radical (unpaired) electrons. The van der Waals surface area contributed by atoms with Crippen LogP contribution in [0.25, 0.3) is 22.3 Å². The van der Waals surface area contributed by atoms with E-state index in [1.807, 2.05) is 65.5 Å². The topological polar surface area (TPSA) is 115 Å². The maximum atomic E-state index is 12.7. The molecule has 4 heterocycles. The lowest BCUT2D eigenvalue weighted by Gasteiger charge is -2.31. The number of nitrogens with zero attached hydrogens (tertiary/aromatic N) is 6. The van der Waals surface area contributed by atoms with Crippen LogP contribution in [0, 0.1) is 0 Å². The fraction of sp³-hybridized carbons (Fsp3) is 0.345. The molecule has 2 aliphatic heterocycles. The number of hydrogen-bond acceptors (Lipinski definition) is 8.